The average molecular weight is 383 g/mol. The van der Waals surface area contributed by atoms with E-state index in [9.17, 15) is 9.59 Å². The largest absolute Gasteiger partial charge is 0.459 e. The molecule has 27 heavy (non-hydrogen) atoms. The van der Waals surface area contributed by atoms with Crippen molar-refractivity contribution in [1.29, 1.82) is 0 Å². The highest BCUT2D eigenvalue weighted by molar-refractivity contribution is 7.18. The standard InChI is InChI=1S/C20H21N3O3S/c24-18-16-13-6-1-2-8-15(13)27-19(16)22-17(21-18)12-5-3-9-23(11-12)20(25)14-7-4-10-26-14/h4,7,10,12H,1-3,5-6,8-9,11H2,(H,21,22,24)/t12-/m0/s1. The van der Waals surface area contributed by atoms with Gasteiger partial charge in [0.1, 0.15) is 10.7 Å². The average Bonchev–Trinajstić information content (AvgIpc) is 3.35. The molecule has 3 aromatic heterocycles. The van der Waals surface area contributed by atoms with Gasteiger partial charge in [-0.1, -0.05) is 0 Å². The number of aromatic nitrogens is 2. The van der Waals surface area contributed by atoms with E-state index in [1.54, 1.807) is 28.4 Å². The van der Waals surface area contributed by atoms with E-state index < -0.39 is 0 Å². The Kier molecular flexibility index (Phi) is 4.11. The lowest BCUT2D eigenvalue weighted by Crippen LogP contribution is -2.39. The van der Waals surface area contributed by atoms with E-state index >= 15 is 0 Å². The minimum atomic E-state index is -0.0975. The maximum atomic E-state index is 12.8. The normalized spacial score (nSPS) is 20.0. The number of aromatic amines is 1. The van der Waals surface area contributed by atoms with Crippen molar-refractivity contribution in [3.63, 3.8) is 0 Å². The molecule has 4 heterocycles. The van der Waals surface area contributed by atoms with Crippen LogP contribution in [0.5, 0.6) is 0 Å². The second-order valence-corrected chi connectivity index (χ2v) is 8.49. The third-order valence-electron chi connectivity index (χ3n) is 5.67. The summed E-state index contributed by atoms with van der Waals surface area (Å²) in [5.74, 6) is 1.02. The van der Waals surface area contributed by atoms with Crippen LogP contribution in [-0.2, 0) is 12.8 Å². The Labute approximate surface area is 160 Å². The van der Waals surface area contributed by atoms with E-state index in [0.717, 1.165) is 42.3 Å². The Balaban J connectivity index is 1.46. The van der Waals surface area contributed by atoms with Gasteiger partial charge in [0.25, 0.3) is 11.5 Å². The van der Waals surface area contributed by atoms with Crippen molar-refractivity contribution in [2.24, 2.45) is 0 Å². The molecule has 0 bridgehead atoms. The van der Waals surface area contributed by atoms with E-state index in [-0.39, 0.29) is 17.4 Å². The van der Waals surface area contributed by atoms with Gasteiger partial charge in [0, 0.05) is 23.9 Å². The molecule has 1 saturated heterocycles. The summed E-state index contributed by atoms with van der Waals surface area (Å²) in [5.41, 5.74) is 1.18. The van der Waals surface area contributed by atoms with Crippen LogP contribution in [0, 0.1) is 0 Å². The Hall–Kier alpha value is -2.41. The first-order chi connectivity index (χ1) is 13.2. The number of hydrogen-bond acceptors (Lipinski definition) is 5. The van der Waals surface area contributed by atoms with Gasteiger partial charge in [-0.3, -0.25) is 9.59 Å². The molecule has 0 unspecified atom stereocenters. The third kappa shape index (κ3) is 2.90. The topological polar surface area (TPSA) is 79.2 Å². The Morgan fingerprint density at radius 3 is 3.04 bits per heavy atom. The smallest absolute Gasteiger partial charge is 0.289 e. The van der Waals surface area contributed by atoms with E-state index in [4.69, 9.17) is 9.40 Å². The first kappa shape index (κ1) is 16.7. The molecular formula is C20H21N3O3S. The summed E-state index contributed by atoms with van der Waals surface area (Å²) in [6, 6.07) is 3.41. The van der Waals surface area contributed by atoms with Crippen molar-refractivity contribution >= 4 is 27.5 Å². The number of likely N-dealkylation sites (tertiary alicyclic amines) is 1. The molecule has 6 nitrogen and oxygen atoms in total. The fourth-order valence-corrected chi connectivity index (χ4v) is 5.58. The van der Waals surface area contributed by atoms with Gasteiger partial charge in [-0.15, -0.1) is 11.3 Å². The summed E-state index contributed by atoms with van der Waals surface area (Å²) in [6.45, 7) is 1.26. The zero-order valence-electron chi connectivity index (χ0n) is 15.0. The highest BCUT2D eigenvalue weighted by Crippen LogP contribution is 2.34. The van der Waals surface area contributed by atoms with Crippen LogP contribution in [0.2, 0.25) is 0 Å². The lowest BCUT2D eigenvalue weighted by molar-refractivity contribution is 0.0672. The molecule has 0 aromatic carbocycles. The van der Waals surface area contributed by atoms with Crippen LogP contribution in [0.1, 0.15) is 58.4 Å². The Morgan fingerprint density at radius 1 is 1.30 bits per heavy atom. The SMILES string of the molecule is O=C(c1ccco1)N1CCC[C@H](c2nc3sc4c(c3c(=O)[nH]2)CCCC4)C1. The summed E-state index contributed by atoms with van der Waals surface area (Å²) < 4.78 is 5.25. The molecule has 140 valence electrons. The van der Waals surface area contributed by atoms with Crippen LogP contribution in [0.4, 0.5) is 0 Å². The zero-order chi connectivity index (χ0) is 18.4. The number of rotatable bonds is 2. The molecule has 1 fully saturated rings. The molecule has 1 atom stereocenters. The number of aryl methyl sites for hydroxylation is 2. The lowest BCUT2D eigenvalue weighted by atomic mass is 9.96. The van der Waals surface area contributed by atoms with Crippen LogP contribution in [0.3, 0.4) is 0 Å². The van der Waals surface area contributed by atoms with Crippen LogP contribution < -0.4 is 5.56 Å². The first-order valence-electron chi connectivity index (χ1n) is 9.58. The second kappa shape index (κ2) is 6.64. The van der Waals surface area contributed by atoms with Crippen LogP contribution in [-0.4, -0.2) is 33.9 Å². The molecule has 0 spiro atoms. The molecular weight excluding hydrogens is 362 g/mol. The zero-order valence-corrected chi connectivity index (χ0v) is 15.8. The lowest BCUT2D eigenvalue weighted by Gasteiger charge is -2.31. The Morgan fingerprint density at radius 2 is 2.19 bits per heavy atom. The maximum absolute atomic E-state index is 12.8. The van der Waals surface area contributed by atoms with Gasteiger partial charge in [0.05, 0.1) is 11.6 Å². The van der Waals surface area contributed by atoms with Gasteiger partial charge in [0.15, 0.2) is 5.76 Å². The summed E-state index contributed by atoms with van der Waals surface area (Å²) in [4.78, 5) is 37.2. The minimum Gasteiger partial charge on any atom is -0.459 e. The molecule has 1 N–H and O–H groups in total. The number of carbonyl (C=O) groups is 1. The monoisotopic (exact) mass is 383 g/mol. The third-order valence-corrected chi connectivity index (χ3v) is 6.86. The summed E-state index contributed by atoms with van der Waals surface area (Å²) in [6.07, 6.45) is 7.69. The highest BCUT2D eigenvalue weighted by atomic mass is 32.1. The fraction of sp³-hybridized carbons (Fsp3) is 0.450. The maximum Gasteiger partial charge on any atom is 0.289 e. The predicted molar refractivity (Wildman–Crippen MR) is 103 cm³/mol. The van der Waals surface area contributed by atoms with Gasteiger partial charge in [-0.25, -0.2) is 4.98 Å². The van der Waals surface area contributed by atoms with E-state index in [0.29, 0.717) is 24.7 Å². The van der Waals surface area contributed by atoms with Crippen molar-refractivity contribution < 1.29 is 9.21 Å². The van der Waals surface area contributed by atoms with Crippen LogP contribution in [0.25, 0.3) is 10.2 Å². The number of H-pyrrole nitrogens is 1. The minimum absolute atomic E-state index is 0.0242. The number of furan rings is 1. The molecule has 2 aliphatic rings. The molecule has 3 aromatic rings. The summed E-state index contributed by atoms with van der Waals surface area (Å²) >= 11 is 1.67. The van der Waals surface area contributed by atoms with E-state index in [1.807, 2.05) is 0 Å². The Bertz CT molecular complexity index is 1050. The van der Waals surface area contributed by atoms with Gasteiger partial charge >= 0.3 is 0 Å². The number of fused-ring (bicyclic) bond motifs is 3. The quantitative estimate of drug-likeness (QED) is 0.735. The molecule has 1 aliphatic carbocycles. The van der Waals surface area contributed by atoms with E-state index in [1.165, 1.54) is 23.1 Å². The van der Waals surface area contributed by atoms with Gasteiger partial charge < -0.3 is 14.3 Å². The molecule has 0 radical (unpaired) electrons. The molecule has 5 rings (SSSR count). The number of carbonyl (C=O) groups excluding carboxylic acids is 1. The summed E-state index contributed by atoms with van der Waals surface area (Å²) in [7, 11) is 0. The fourth-order valence-electron chi connectivity index (χ4n) is 4.31. The van der Waals surface area contributed by atoms with Gasteiger partial charge in [0.2, 0.25) is 0 Å². The molecule has 7 heteroatoms. The van der Waals surface area contributed by atoms with Gasteiger partial charge in [-0.05, 0) is 56.2 Å². The number of nitrogens with one attached hydrogen (secondary N) is 1. The highest BCUT2D eigenvalue weighted by Gasteiger charge is 2.29. The number of nitrogens with zero attached hydrogens (tertiary/aromatic N) is 2. The van der Waals surface area contributed by atoms with E-state index in [2.05, 4.69) is 4.98 Å². The van der Waals surface area contributed by atoms with Gasteiger partial charge in [-0.2, -0.15) is 0 Å². The molecule has 1 amide bonds. The predicted octanol–water partition coefficient (Wildman–Crippen LogP) is 3.48. The molecule has 1 aliphatic heterocycles. The number of thiophene rings is 1. The van der Waals surface area contributed by atoms with Crippen molar-refractivity contribution in [1.82, 2.24) is 14.9 Å². The molecule has 0 saturated carbocycles. The second-order valence-electron chi connectivity index (χ2n) is 7.41. The number of hydrogen-bond donors (Lipinski definition) is 1. The number of amides is 1. The summed E-state index contributed by atoms with van der Waals surface area (Å²) in [5, 5.41) is 0.790. The van der Waals surface area contributed by atoms with Crippen LogP contribution >= 0.6 is 11.3 Å². The van der Waals surface area contributed by atoms with Crippen molar-refractivity contribution in [2.75, 3.05) is 13.1 Å². The van der Waals surface area contributed by atoms with Crippen molar-refractivity contribution in [2.45, 2.75) is 44.4 Å². The first-order valence-corrected chi connectivity index (χ1v) is 10.4. The number of piperidine rings is 1. The van der Waals surface area contributed by atoms with Crippen molar-refractivity contribution in [3.8, 4) is 0 Å². The van der Waals surface area contributed by atoms with Crippen molar-refractivity contribution in [3.05, 3.63) is 50.8 Å². The van der Waals surface area contributed by atoms with Crippen LogP contribution in [0.15, 0.2) is 27.6 Å².